The van der Waals surface area contributed by atoms with E-state index >= 15 is 0 Å². The van der Waals surface area contributed by atoms with Crippen LogP contribution in [0.2, 0.25) is 0 Å². The number of aromatic amines is 1. The summed E-state index contributed by atoms with van der Waals surface area (Å²) >= 11 is 0. The molecule has 0 aliphatic heterocycles. The summed E-state index contributed by atoms with van der Waals surface area (Å²) in [4.78, 5) is 11.9. The number of carbonyl (C=O) groups is 1. The highest BCUT2D eigenvalue weighted by Gasteiger charge is 2.04. The van der Waals surface area contributed by atoms with Crippen LogP contribution in [-0.2, 0) is 6.42 Å². The van der Waals surface area contributed by atoms with Gasteiger partial charge in [-0.2, -0.15) is 5.10 Å². The summed E-state index contributed by atoms with van der Waals surface area (Å²) in [5, 5.41) is 9.82. The molecule has 1 aromatic carbocycles. The summed E-state index contributed by atoms with van der Waals surface area (Å²) in [5.74, 6) is -0.0103. The third-order valence-corrected chi connectivity index (χ3v) is 3.16. The molecule has 0 atom stereocenters. The van der Waals surface area contributed by atoms with Crippen molar-refractivity contribution in [2.24, 2.45) is 0 Å². The lowest BCUT2D eigenvalue weighted by Crippen LogP contribution is -2.24. The topological polar surface area (TPSA) is 57.8 Å². The Labute approximate surface area is 127 Å². The number of benzene rings is 1. The van der Waals surface area contributed by atoms with E-state index in [0.29, 0.717) is 12.1 Å². The summed E-state index contributed by atoms with van der Waals surface area (Å²) in [7, 11) is 0. The van der Waals surface area contributed by atoms with E-state index in [2.05, 4.69) is 15.5 Å². The molecule has 2 aromatic rings. The number of aryl methyl sites for hydroxylation is 3. The Kier molecular flexibility index (Phi) is 7.23. The second-order valence-electron chi connectivity index (χ2n) is 4.75. The highest BCUT2D eigenvalue weighted by atomic mass is 16.1. The van der Waals surface area contributed by atoms with Gasteiger partial charge < -0.3 is 5.32 Å². The number of nitrogens with one attached hydrogen (secondary N) is 2. The molecule has 1 aromatic heterocycles. The molecule has 0 saturated carbocycles. The zero-order chi connectivity index (χ0) is 15.7. The zero-order valence-electron chi connectivity index (χ0n) is 13.4. The Morgan fingerprint density at radius 3 is 2.43 bits per heavy atom. The van der Waals surface area contributed by atoms with Crippen molar-refractivity contribution < 1.29 is 4.79 Å². The van der Waals surface area contributed by atoms with Gasteiger partial charge in [0, 0.05) is 17.8 Å². The fourth-order valence-electron chi connectivity index (χ4n) is 1.92. The maximum atomic E-state index is 11.9. The summed E-state index contributed by atoms with van der Waals surface area (Å²) in [6, 6.07) is 7.60. The van der Waals surface area contributed by atoms with Crippen molar-refractivity contribution in [1.29, 1.82) is 0 Å². The number of hydrogen-bond acceptors (Lipinski definition) is 2. The van der Waals surface area contributed by atoms with Crippen molar-refractivity contribution in [1.82, 2.24) is 15.5 Å². The first kappa shape index (κ1) is 17.0. The SMILES string of the molecule is CC.Cc1ccc(C(=O)NCCCc2cn[nH]c2C)cc1. The number of hydrogen-bond donors (Lipinski definition) is 2. The fraction of sp³-hybridized carbons (Fsp3) is 0.412. The number of rotatable bonds is 5. The lowest BCUT2D eigenvalue weighted by atomic mass is 10.1. The second kappa shape index (κ2) is 8.95. The zero-order valence-corrected chi connectivity index (χ0v) is 13.4. The van der Waals surface area contributed by atoms with Gasteiger partial charge >= 0.3 is 0 Å². The Morgan fingerprint density at radius 1 is 1.19 bits per heavy atom. The molecule has 0 radical (unpaired) electrons. The lowest BCUT2D eigenvalue weighted by molar-refractivity contribution is 0.0953. The molecule has 2 N–H and O–H groups in total. The molecule has 21 heavy (non-hydrogen) atoms. The molecule has 1 amide bonds. The van der Waals surface area contributed by atoms with Crippen LogP contribution in [0, 0.1) is 13.8 Å². The van der Waals surface area contributed by atoms with Crippen LogP contribution in [0.15, 0.2) is 30.5 Å². The van der Waals surface area contributed by atoms with E-state index in [9.17, 15) is 4.79 Å². The molecule has 0 fully saturated rings. The van der Waals surface area contributed by atoms with Crippen LogP contribution in [-0.4, -0.2) is 22.6 Å². The summed E-state index contributed by atoms with van der Waals surface area (Å²) in [6.07, 6.45) is 3.69. The third kappa shape index (κ3) is 5.42. The quantitative estimate of drug-likeness (QED) is 0.828. The minimum atomic E-state index is -0.0103. The minimum absolute atomic E-state index is 0.0103. The predicted molar refractivity (Wildman–Crippen MR) is 86.5 cm³/mol. The van der Waals surface area contributed by atoms with E-state index in [0.717, 1.165) is 24.1 Å². The van der Waals surface area contributed by atoms with Gasteiger partial charge in [-0.25, -0.2) is 0 Å². The first-order valence-electron chi connectivity index (χ1n) is 7.50. The van der Waals surface area contributed by atoms with Crippen LogP contribution >= 0.6 is 0 Å². The summed E-state index contributed by atoms with van der Waals surface area (Å²) in [6.45, 7) is 8.69. The molecule has 0 unspecified atom stereocenters. The first-order chi connectivity index (χ1) is 10.2. The number of carbonyl (C=O) groups excluding carboxylic acids is 1. The van der Waals surface area contributed by atoms with Gasteiger partial charge in [0.25, 0.3) is 5.91 Å². The molecule has 2 rings (SSSR count). The minimum Gasteiger partial charge on any atom is -0.352 e. The van der Waals surface area contributed by atoms with Crippen LogP contribution in [0.4, 0.5) is 0 Å². The molecule has 0 aliphatic rings. The maximum absolute atomic E-state index is 11.9. The maximum Gasteiger partial charge on any atom is 0.251 e. The van der Waals surface area contributed by atoms with Gasteiger partial charge in [0.1, 0.15) is 0 Å². The Morgan fingerprint density at radius 2 is 1.86 bits per heavy atom. The highest BCUT2D eigenvalue weighted by Crippen LogP contribution is 2.06. The van der Waals surface area contributed by atoms with Crippen molar-refractivity contribution in [2.75, 3.05) is 6.54 Å². The molecule has 0 saturated heterocycles. The Bertz CT molecular complexity index is 543. The van der Waals surface area contributed by atoms with Crippen LogP contribution in [0.5, 0.6) is 0 Å². The van der Waals surface area contributed by atoms with Crippen molar-refractivity contribution in [3.8, 4) is 0 Å². The highest BCUT2D eigenvalue weighted by molar-refractivity contribution is 5.94. The molecule has 4 heteroatoms. The largest absolute Gasteiger partial charge is 0.352 e. The summed E-state index contributed by atoms with van der Waals surface area (Å²) in [5.41, 5.74) is 4.19. The molecule has 0 aliphatic carbocycles. The van der Waals surface area contributed by atoms with Gasteiger partial charge in [0.2, 0.25) is 0 Å². The number of aromatic nitrogens is 2. The van der Waals surface area contributed by atoms with E-state index < -0.39 is 0 Å². The van der Waals surface area contributed by atoms with Crippen LogP contribution in [0.1, 0.15) is 47.4 Å². The van der Waals surface area contributed by atoms with Crippen molar-refractivity contribution in [3.05, 3.63) is 52.8 Å². The van der Waals surface area contributed by atoms with Gasteiger partial charge in [-0.15, -0.1) is 0 Å². The standard InChI is InChI=1S/C15H19N3O.C2H6/c1-11-5-7-13(8-6-11)15(19)16-9-3-4-14-10-17-18-12(14)2;1-2/h5-8,10H,3-4,9H2,1-2H3,(H,16,19)(H,17,18);1-2H3. The van der Waals surface area contributed by atoms with E-state index in [1.54, 1.807) is 0 Å². The van der Waals surface area contributed by atoms with Crippen LogP contribution in [0.25, 0.3) is 0 Å². The number of nitrogens with zero attached hydrogens (tertiary/aromatic N) is 1. The van der Waals surface area contributed by atoms with Gasteiger partial charge in [-0.1, -0.05) is 31.5 Å². The van der Waals surface area contributed by atoms with E-state index in [1.165, 1.54) is 5.56 Å². The first-order valence-corrected chi connectivity index (χ1v) is 7.50. The van der Waals surface area contributed by atoms with Crippen LogP contribution < -0.4 is 5.32 Å². The predicted octanol–water partition coefficient (Wildman–Crippen LogP) is 3.42. The van der Waals surface area contributed by atoms with Gasteiger partial charge in [0.15, 0.2) is 0 Å². The summed E-state index contributed by atoms with van der Waals surface area (Å²) < 4.78 is 0. The molecule has 1 heterocycles. The number of H-pyrrole nitrogens is 1. The van der Waals surface area contributed by atoms with E-state index in [-0.39, 0.29) is 5.91 Å². The molecule has 0 spiro atoms. The van der Waals surface area contributed by atoms with Gasteiger partial charge in [0.05, 0.1) is 6.20 Å². The normalized spacial score (nSPS) is 9.71. The molecular weight excluding hydrogens is 262 g/mol. The molecular formula is C17H25N3O. The molecule has 4 nitrogen and oxygen atoms in total. The second-order valence-corrected chi connectivity index (χ2v) is 4.75. The Balaban J connectivity index is 0.00000106. The monoisotopic (exact) mass is 287 g/mol. The van der Waals surface area contributed by atoms with E-state index in [1.807, 2.05) is 58.2 Å². The van der Waals surface area contributed by atoms with Crippen LogP contribution in [0.3, 0.4) is 0 Å². The van der Waals surface area contributed by atoms with Crippen molar-refractivity contribution >= 4 is 5.91 Å². The Hall–Kier alpha value is -2.10. The van der Waals surface area contributed by atoms with Crippen molar-refractivity contribution in [2.45, 2.75) is 40.5 Å². The third-order valence-electron chi connectivity index (χ3n) is 3.16. The average molecular weight is 287 g/mol. The molecule has 114 valence electrons. The fourth-order valence-corrected chi connectivity index (χ4v) is 1.92. The van der Waals surface area contributed by atoms with E-state index in [4.69, 9.17) is 0 Å². The number of amides is 1. The van der Waals surface area contributed by atoms with Crippen molar-refractivity contribution in [3.63, 3.8) is 0 Å². The lowest BCUT2D eigenvalue weighted by Gasteiger charge is -2.05. The van der Waals surface area contributed by atoms with Gasteiger partial charge in [-0.05, 0) is 44.4 Å². The molecule has 0 bridgehead atoms. The average Bonchev–Trinajstić information content (AvgIpc) is 2.91. The smallest absolute Gasteiger partial charge is 0.251 e. The van der Waals surface area contributed by atoms with Gasteiger partial charge in [-0.3, -0.25) is 9.89 Å².